The van der Waals surface area contributed by atoms with Crippen LogP contribution in [-0.2, 0) is 10.0 Å². The lowest BCUT2D eigenvalue weighted by molar-refractivity contribution is 0.0858. The molecule has 0 aromatic heterocycles. The van der Waals surface area contributed by atoms with Gasteiger partial charge in [0.2, 0.25) is 0 Å². The molecule has 98 valence electrons. The van der Waals surface area contributed by atoms with Crippen molar-refractivity contribution in [3.05, 3.63) is 23.8 Å². The van der Waals surface area contributed by atoms with Gasteiger partial charge in [0.1, 0.15) is 4.90 Å². The minimum absolute atomic E-state index is 0.0239. The molecule has 1 atom stereocenters. The van der Waals surface area contributed by atoms with Crippen molar-refractivity contribution in [3.8, 4) is 0 Å². The minimum atomic E-state index is -3.72. The van der Waals surface area contributed by atoms with Gasteiger partial charge in [0.25, 0.3) is 15.9 Å². The quantitative estimate of drug-likeness (QED) is 0.841. The Hall–Kier alpha value is -1.56. The second-order valence-corrected chi connectivity index (χ2v) is 6.44. The third-order valence-electron chi connectivity index (χ3n) is 3.21. The number of fused-ring (bicyclic) bond motifs is 1. The Kier molecular flexibility index (Phi) is 3.06. The van der Waals surface area contributed by atoms with Gasteiger partial charge >= 0.3 is 0 Å². The molecule has 6 heteroatoms. The van der Waals surface area contributed by atoms with Gasteiger partial charge in [0.05, 0.1) is 5.56 Å². The number of carbonyl (C=O) groups excluding carboxylic acids is 1. The van der Waals surface area contributed by atoms with E-state index in [9.17, 15) is 13.2 Å². The van der Waals surface area contributed by atoms with E-state index in [1.807, 2.05) is 13.8 Å². The van der Waals surface area contributed by atoms with Crippen molar-refractivity contribution in [1.82, 2.24) is 4.31 Å². The van der Waals surface area contributed by atoms with Gasteiger partial charge in [0, 0.05) is 12.2 Å². The van der Waals surface area contributed by atoms with Gasteiger partial charge in [-0.1, -0.05) is 20.3 Å². The molecule has 1 aromatic rings. The normalized spacial score (nSPS) is 18.8. The molecule has 18 heavy (non-hydrogen) atoms. The summed E-state index contributed by atoms with van der Waals surface area (Å²) in [5.74, 6) is -0.319. The smallest absolute Gasteiger partial charge is 0.269 e. The van der Waals surface area contributed by atoms with Crippen LogP contribution in [-0.4, -0.2) is 25.2 Å². The molecular formula is C12H16N2O3S. The number of nitrogen functional groups attached to an aromatic ring is 1. The lowest BCUT2D eigenvalue weighted by Gasteiger charge is -2.18. The maximum atomic E-state index is 12.2. The lowest BCUT2D eigenvalue weighted by atomic mass is 10.1. The molecule has 0 fully saturated rings. The molecule has 1 heterocycles. The van der Waals surface area contributed by atoms with Crippen LogP contribution in [0, 0.1) is 5.92 Å². The summed E-state index contributed by atoms with van der Waals surface area (Å²) >= 11 is 0. The van der Waals surface area contributed by atoms with Crippen molar-refractivity contribution in [1.29, 1.82) is 0 Å². The van der Waals surface area contributed by atoms with E-state index in [4.69, 9.17) is 5.73 Å². The highest BCUT2D eigenvalue weighted by atomic mass is 32.2. The van der Waals surface area contributed by atoms with Crippen LogP contribution in [0.15, 0.2) is 23.1 Å². The zero-order valence-electron chi connectivity index (χ0n) is 10.4. The second kappa shape index (κ2) is 4.28. The van der Waals surface area contributed by atoms with Crippen LogP contribution in [0.3, 0.4) is 0 Å². The lowest BCUT2D eigenvalue weighted by Crippen LogP contribution is -2.33. The molecule has 1 aliphatic heterocycles. The van der Waals surface area contributed by atoms with Crippen LogP contribution < -0.4 is 5.73 Å². The van der Waals surface area contributed by atoms with Crippen LogP contribution >= 0.6 is 0 Å². The largest absolute Gasteiger partial charge is 0.399 e. The van der Waals surface area contributed by atoms with Crippen molar-refractivity contribution >= 4 is 21.6 Å². The van der Waals surface area contributed by atoms with Gasteiger partial charge in [-0.15, -0.1) is 0 Å². The van der Waals surface area contributed by atoms with E-state index in [2.05, 4.69) is 0 Å². The van der Waals surface area contributed by atoms with Gasteiger partial charge in [-0.3, -0.25) is 4.79 Å². The van der Waals surface area contributed by atoms with Gasteiger partial charge in [0.15, 0.2) is 0 Å². The number of benzene rings is 1. The Morgan fingerprint density at radius 3 is 2.67 bits per heavy atom. The molecule has 0 aliphatic carbocycles. The molecule has 0 saturated heterocycles. The van der Waals surface area contributed by atoms with E-state index >= 15 is 0 Å². The van der Waals surface area contributed by atoms with Crippen molar-refractivity contribution in [3.63, 3.8) is 0 Å². The summed E-state index contributed by atoms with van der Waals surface area (Å²) in [7, 11) is -3.72. The molecule has 0 bridgehead atoms. The van der Waals surface area contributed by atoms with Gasteiger partial charge in [-0.25, -0.2) is 12.7 Å². The molecule has 0 radical (unpaired) electrons. The SMILES string of the molecule is CCC(C)CN1C(=O)c2ccc(N)cc2S1(=O)=O. The number of nitrogens with two attached hydrogens (primary N) is 1. The molecule has 5 nitrogen and oxygen atoms in total. The number of nitrogens with zero attached hydrogens (tertiary/aromatic N) is 1. The number of rotatable bonds is 3. The summed E-state index contributed by atoms with van der Waals surface area (Å²) in [6.07, 6.45) is 0.817. The summed E-state index contributed by atoms with van der Waals surface area (Å²) in [4.78, 5) is 12.1. The third-order valence-corrected chi connectivity index (χ3v) is 4.99. The molecule has 0 saturated carbocycles. The first-order chi connectivity index (χ1) is 8.37. The number of carbonyl (C=O) groups is 1. The van der Waals surface area contributed by atoms with E-state index in [0.717, 1.165) is 10.7 Å². The van der Waals surface area contributed by atoms with Gasteiger partial charge in [-0.05, 0) is 24.1 Å². The average molecular weight is 268 g/mol. The van der Waals surface area contributed by atoms with Crippen LogP contribution in [0.1, 0.15) is 30.6 Å². The van der Waals surface area contributed by atoms with E-state index in [1.54, 1.807) is 6.07 Å². The molecule has 0 spiro atoms. The third kappa shape index (κ3) is 1.86. The Morgan fingerprint density at radius 2 is 2.06 bits per heavy atom. The summed E-state index contributed by atoms with van der Waals surface area (Å²) < 4.78 is 25.4. The van der Waals surface area contributed by atoms with Crippen molar-refractivity contribution < 1.29 is 13.2 Å². The Balaban J connectivity index is 2.48. The van der Waals surface area contributed by atoms with Crippen LogP contribution in [0.25, 0.3) is 0 Å². The van der Waals surface area contributed by atoms with Crippen LogP contribution in [0.2, 0.25) is 0 Å². The standard InChI is InChI=1S/C12H16N2O3S/c1-3-8(2)7-14-12(15)10-5-4-9(13)6-11(10)18(14,16)17/h4-6,8H,3,7,13H2,1-2H3. The number of amides is 1. The fourth-order valence-corrected chi connectivity index (χ4v) is 3.61. The predicted octanol–water partition coefficient (Wildman–Crippen LogP) is 1.46. The van der Waals surface area contributed by atoms with Crippen molar-refractivity contribution in [2.24, 2.45) is 5.92 Å². The zero-order chi connectivity index (χ0) is 13.5. The average Bonchev–Trinajstić information content (AvgIpc) is 2.50. The highest BCUT2D eigenvalue weighted by molar-refractivity contribution is 7.90. The topological polar surface area (TPSA) is 80.5 Å². The summed E-state index contributed by atoms with van der Waals surface area (Å²) in [5, 5.41) is 0. The highest BCUT2D eigenvalue weighted by Crippen LogP contribution is 2.32. The first-order valence-corrected chi connectivity index (χ1v) is 7.28. The molecule has 1 aliphatic rings. The van der Waals surface area contributed by atoms with E-state index in [0.29, 0.717) is 5.69 Å². The second-order valence-electron chi connectivity index (χ2n) is 4.61. The number of anilines is 1. The first-order valence-electron chi connectivity index (χ1n) is 5.84. The zero-order valence-corrected chi connectivity index (χ0v) is 11.2. The fraction of sp³-hybridized carbons (Fsp3) is 0.417. The van der Waals surface area contributed by atoms with Crippen molar-refractivity contribution in [2.45, 2.75) is 25.2 Å². The van der Waals surface area contributed by atoms with Crippen LogP contribution in [0.4, 0.5) is 5.69 Å². The maximum absolute atomic E-state index is 12.2. The number of hydrogen-bond acceptors (Lipinski definition) is 4. The molecule has 2 N–H and O–H groups in total. The summed E-state index contributed by atoms with van der Waals surface area (Å²) in [5.41, 5.74) is 6.13. The molecular weight excluding hydrogens is 252 g/mol. The van der Waals surface area contributed by atoms with E-state index in [-0.39, 0.29) is 22.9 Å². The van der Waals surface area contributed by atoms with E-state index in [1.165, 1.54) is 12.1 Å². The first kappa shape index (κ1) is 12.9. The Morgan fingerprint density at radius 1 is 1.39 bits per heavy atom. The summed E-state index contributed by atoms with van der Waals surface area (Å²) in [6, 6.07) is 4.36. The van der Waals surface area contributed by atoms with E-state index < -0.39 is 15.9 Å². The molecule has 2 rings (SSSR count). The molecule has 1 aromatic carbocycles. The predicted molar refractivity (Wildman–Crippen MR) is 68.5 cm³/mol. The molecule has 1 amide bonds. The number of sulfonamides is 1. The van der Waals surface area contributed by atoms with Crippen molar-refractivity contribution in [2.75, 3.05) is 12.3 Å². The highest BCUT2D eigenvalue weighted by Gasteiger charge is 2.41. The fourth-order valence-electron chi connectivity index (χ4n) is 1.88. The summed E-state index contributed by atoms with van der Waals surface area (Å²) in [6.45, 7) is 4.09. The van der Waals surface area contributed by atoms with Gasteiger partial charge in [-0.2, -0.15) is 0 Å². The number of hydrogen-bond donors (Lipinski definition) is 1. The van der Waals surface area contributed by atoms with Gasteiger partial charge < -0.3 is 5.73 Å². The minimum Gasteiger partial charge on any atom is -0.399 e. The molecule has 1 unspecified atom stereocenters. The maximum Gasteiger partial charge on any atom is 0.269 e. The Labute approximate surface area is 107 Å². The monoisotopic (exact) mass is 268 g/mol. The Bertz CT molecular complexity index is 595. The van der Waals surface area contributed by atoms with Crippen LogP contribution in [0.5, 0.6) is 0 Å².